The number of nitrogens with zero attached hydrogens (tertiary/aromatic N) is 4. The molecule has 9 heteroatoms. The van der Waals surface area contributed by atoms with Gasteiger partial charge >= 0.3 is 0 Å². The number of carbonyl (C=O) groups excluding carboxylic acids is 1. The summed E-state index contributed by atoms with van der Waals surface area (Å²) in [5.41, 5.74) is 6.42. The summed E-state index contributed by atoms with van der Waals surface area (Å²) < 4.78 is 16.5. The second-order valence-electron chi connectivity index (χ2n) is 9.25. The van der Waals surface area contributed by atoms with Crippen molar-refractivity contribution in [2.24, 2.45) is 0 Å². The van der Waals surface area contributed by atoms with Crippen LogP contribution in [0.2, 0.25) is 0 Å². The lowest BCUT2D eigenvalue weighted by molar-refractivity contribution is 0.101. The van der Waals surface area contributed by atoms with E-state index in [0.717, 1.165) is 63.9 Å². The summed E-state index contributed by atoms with van der Waals surface area (Å²) in [6.07, 6.45) is 1.02. The van der Waals surface area contributed by atoms with Gasteiger partial charge in [-0.2, -0.15) is 5.10 Å². The molecule has 0 radical (unpaired) electrons. The smallest absolute Gasteiger partial charge is 0.178 e. The number of rotatable bonds is 8. The molecule has 0 bridgehead atoms. The van der Waals surface area contributed by atoms with Crippen LogP contribution in [-0.4, -0.2) is 53.7 Å². The molecule has 1 saturated heterocycles. The predicted molar refractivity (Wildman–Crippen MR) is 158 cm³/mol. The van der Waals surface area contributed by atoms with E-state index in [0.29, 0.717) is 17.5 Å². The number of methoxy groups -OCH3 is 2. The van der Waals surface area contributed by atoms with Crippen molar-refractivity contribution in [3.05, 3.63) is 65.5 Å². The summed E-state index contributed by atoms with van der Waals surface area (Å²) in [6.45, 7) is 11.4. The Morgan fingerprint density at radius 2 is 1.74 bits per heavy atom. The molecule has 0 spiro atoms. The van der Waals surface area contributed by atoms with E-state index in [2.05, 4.69) is 15.7 Å². The number of fused-ring (bicyclic) bond motifs is 1. The van der Waals surface area contributed by atoms with Crippen molar-refractivity contribution in [1.29, 1.82) is 0 Å². The number of aromatic nitrogens is 3. The summed E-state index contributed by atoms with van der Waals surface area (Å²) in [5.74, 6) is 1.44. The molecule has 1 atom stereocenters. The molecular weight excluding hydrogens is 510 g/mol. The van der Waals surface area contributed by atoms with Crippen LogP contribution in [0.15, 0.2) is 53.4 Å². The number of ether oxygens (including phenoxy) is 2. The number of ketones is 1. The first-order chi connectivity index (χ1) is 18.9. The molecule has 0 aliphatic carbocycles. The molecule has 39 heavy (non-hydrogen) atoms. The SMILES string of the molecule is CC.COc1ccc(-c2c(C)nc3c(N4CCC(NSc5ccc(C(C)=O)cc5)C4)cc(C)nn23)cc1OC. The molecule has 8 nitrogen and oxygen atoms in total. The first-order valence-corrected chi connectivity index (χ1v) is 14.1. The topological polar surface area (TPSA) is 81.0 Å². The van der Waals surface area contributed by atoms with Gasteiger partial charge in [-0.15, -0.1) is 0 Å². The first kappa shape index (κ1) is 28.4. The van der Waals surface area contributed by atoms with Crippen molar-refractivity contribution >= 4 is 29.1 Å². The van der Waals surface area contributed by atoms with Crippen LogP contribution in [0, 0.1) is 13.8 Å². The van der Waals surface area contributed by atoms with Crippen LogP contribution in [0.4, 0.5) is 5.69 Å². The molecule has 1 unspecified atom stereocenters. The van der Waals surface area contributed by atoms with E-state index in [9.17, 15) is 4.79 Å². The number of anilines is 1. The highest BCUT2D eigenvalue weighted by molar-refractivity contribution is 7.97. The fourth-order valence-electron chi connectivity index (χ4n) is 4.76. The number of imidazole rings is 1. The molecule has 2 aromatic heterocycles. The van der Waals surface area contributed by atoms with Gasteiger partial charge in [-0.25, -0.2) is 9.50 Å². The Bertz CT molecular complexity index is 1450. The van der Waals surface area contributed by atoms with Crippen molar-refractivity contribution in [3.63, 3.8) is 0 Å². The van der Waals surface area contributed by atoms with Gasteiger partial charge < -0.3 is 14.4 Å². The molecule has 3 heterocycles. The third-order valence-corrected chi connectivity index (χ3v) is 7.61. The number of nitrogens with one attached hydrogen (secondary N) is 1. The van der Waals surface area contributed by atoms with E-state index in [4.69, 9.17) is 19.6 Å². The number of aryl methyl sites for hydroxylation is 2. The summed E-state index contributed by atoms with van der Waals surface area (Å²) in [7, 11) is 3.27. The maximum atomic E-state index is 11.5. The van der Waals surface area contributed by atoms with E-state index in [1.54, 1.807) is 33.1 Å². The van der Waals surface area contributed by atoms with Gasteiger partial charge in [0.25, 0.3) is 0 Å². The van der Waals surface area contributed by atoms with E-state index in [1.165, 1.54) is 0 Å². The van der Waals surface area contributed by atoms with E-state index in [1.807, 2.05) is 74.7 Å². The Labute approximate surface area is 234 Å². The summed E-state index contributed by atoms with van der Waals surface area (Å²) >= 11 is 1.61. The van der Waals surface area contributed by atoms with Crippen molar-refractivity contribution in [1.82, 2.24) is 19.3 Å². The Balaban J connectivity index is 0.00000172. The minimum atomic E-state index is 0.0819. The highest BCUT2D eigenvalue weighted by Crippen LogP contribution is 2.36. The molecule has 1 fully saturated rings. The van der Waals surface area contributed by atoms with Crippen molar-refractivity contribution in [2.75, 3.05) is 32.2 Å². The first-order valence-electron chi connectivity index (χ1n) is 13.3. The highest BCUT2D eigenvalue weighted by atomic mass is 32.2. The van der Waals surface area contributed by atoms with Gasteiger partial charge in [0.2, 0.25) is 0 Å². The quantitative estimate of drug-likeness (QED) is 0.208. The monoisotopic (exact) mass is 547 g/mol. The van der Waals surface area contributed by atoms with Gasteiger partial charge in [0, 0.05) is 35.2 Å². The molecule has 206 valence electrons. The van der Waals surface area contributed by atoms with E-state index < -0.39 is 0 Å². The summed E-state index contributed by atoms with van der Waals surface area (Å²) in [4.78, 5) is 19.9. The Kier molecular flexibility index (Phi) is 9.14. The molecule has 1 aliphatic heterocycles. The fourth-order valence-corrected chi connectivity index (χ4v) is 5.53. The number of carbonyl (C=O) groups is 1. The van der Waals surface area contributed by atoms with Crippen LogP contribution in [-0.2, 0) is 0 Å². The van der Waals surface area contributed by atoms with Crippen molar-refractivity contribution in [2.45, 2.75) is 52.0 Å². The Hall–Kier alpha value is -3.56. The second kappa shape index (κ2) is 12.5. The lowest BCUT2D eigenvalue weighted by Gasteiger charge is -2.20. The molecule has 0 saturated carbocycles. The van der Waals surface area contributed by atoms with Gasteiger partial charge in [0.1, 0.15) is 0 Å². The largest absolute Gasteiger partial charge is 0.493 e. The Morgan fingerprint density at radius 1 is 1.03 bits per heavy atom. The van der Waals surface area contributed by atoms with E-state index >= 15 is 0 Å². The van der Waals surface area contributed by atoms with Gasteiger partial charge in [0.05, 0.1) is 37.0 Å². The van der Waals surface area contributed by atoms with Gasteiger partial charge in [-0.3, -0.25) is 9.52 Å². The third-order valence-electron chi connectivity index (χ3n) is 6.65. The lowest BCUT2D eigenvalue weighted by atomic mass is 10.1. The van der Waals surface area contributed by atoms with Crippen molar-refractivity contribution < 1.29 is 14.3 Å². The molecule has 5 rings (SSSR count). The highest BCUT2D eigenvalue weighted by Gasteiger charge is 2.27. The van der Waals surface area contributed by atoms with E-state index in [-0.39, 0.29) is 5.78 Å². The van der Waals surface area contributed by atoms with Crippen LogP contribution in [0.5, 0.6) is 11.5 Å². The summed E-state index contributed by atoms with van der Waals surface area (Å²) in [6, 6.07) is 16.1. The number of Topliss-reactive ketones (excluding diaryl/α,β-unsaturated/α-hetero) is 1. The average Bonchev–Trinajstić information content (AvgIpc) is 3.56. The second-order valence-corrected chi connectivity index (χ2v) is 10.2. The number of hydrogen-bond acceptors (Lipinski definition) is 8. The molecule has 4 aromatic rings. The van der Waals surface area contributed by atoms with Crippen LogP contribution in [0.3, 0.4) is 0 Å². The normalized spacial score (nSPS) is 14.7. The van der Waals surface area contributed by atoms with Gasteiger partial charge in [-0.05, 0) is 75.5 Å². The predicted octanol–water partition coefficient (Wildman–Crippen LogP) is 6.13. The molecule has 1 aliphatic rings. The molecule has 1 N–H and O–H groups in total. The third kappa shape index (κ3) is 6.04. The van der Waals surface area contributed by atoms with Gasteiger partial charge in [0.15, 0.2) is 22.9 Å². The molecule has 2 aromatic carbocycles. The molecule has 0 amide bonds. The fraction of sp³-hybridized carbons (Fsp3) is 0.367. The maximum Gasteiger partial charge on any atom is 0.178 e. The maximum absolute atomic E-state index is 11.5. The zero-order valence-corrected chi connectivity index (χ0v) is 24.6. The minimum Gasteiger partial charge on any atom is -0.493 e. The average molecular weight is 548 g/mol. The standard InChI is InChI=1S/C28H31N5O3S.C2H6/c1-17-14-24(32-13-12-22(16-32)31-37-23-9-6-20(7-10-23)19(3)34)28-29-18(2)27(33(28)30-17)21-8-11-25(35-4)26(15-21)36-5;1-2/h6-11,14-15,22,31H,12-13,16H2,1-5H3;1-2H3. The number of hydrogen-bond donors (Lipinski definition) is 1. The lowest BCUT2D eigenvalue weighted by Crippen LogP contribution is -2.28. The number of benzene rings is 2. The molecular formula is C30H37N5O3S. The van der Waals surface area contributed by atoms with Gasteiger partial charge in [-0.1, -0.05) is 26.0 Å². The summed E-state index contributed by atoms with van der Waals surface area (Å²) in [5, 5.41) is 4.83. The van der Waals surface area contributed by atoms with Crippen molar-refractivity contribution in [3.8, 4) is 22.8 Å². The van der Waals surface area contributed by atoms with Crippen LogP contribution >= 0.6 is 11.9 Å². The zero-order chi connectivity index (χ0) is 28.1. The van der Waals surface area contributed by atoms with Crippen LogP contribution < -0.4 is 19.1 Å². The minimum absolute atomic E-state index is 0.0819. The van der Waals surface area contributed by atoms with Crippen LogP contribution in [0.25, 0.3) is 16.9 Å². The van der Waals surface area contributed by atoms with Crippen LogP contribution in [0.1, 0.15) is 48.9 Å². The Morgan fingerprint density at radius 3 is 2.41 bits per heavy atom. The zero-order valence-electron chi connectivity index (χ0n) is 23.7.